The van der Waals surface area contributed by atoms with Crippen LogP contribution in [0.2, 0.25) is 0 Å². The first-order valence-corrected chi connectivity index (χ1v) is 9.45. The summed E-state index contributed by atoms with van der Waals surface area (Å²) < 4.78 is 0.849. The fraction of sp³-hybridized carbons (Fsp3) is 0.238. The van der Waals surface area contributed by atoms with E-state index in [4.69, 9.17) is 0 Å². The van der Waals surface area contributed by atoms with E-state index in [1.165, 1.54) is 5.56 Å². The average Bonchev–Trinajstić information content (AvgIpc) is 2.85. The Bertz CT molecular complexity index is 828. The van der Waals surface area contributed by atoms with Gasteiger partial charge >= 0.3 is 163 Å². The maximum atomic E-state index is 12.9. The number of nitrogens with zero attached hydrogens (tertiary/aromatic N) is 3. The van der Waals surface area contributed by atoms with E-state index < -0.39 is 0 Å². The van der Waals surface area contributed by atoms with Gasteiger partial charge in [0.1, 0.15) is 0 Å². The van der Waals surface area contributed by atoms with Crippen LogP contribution in [0.1, 0.15) is 11.1 Å². The van der Waals surface area contributed by atoms with Crippen molar-refractivity contribution in [1.82, 2.24) is 9.80 Å². The summed E-state index contributed by atoms with van der Waals surface area (Å²) in [5.41, 5.74) is 4.07. The fourth-order valence-corrected chi connectivity index (χ4v) is 3.49. The number of rotatable bonds is 5. The SMILES string of the molecule is CN1C(=[Se])N(CCc2ccccc2)C(=O)C1=Cc1ccc(N(C)C)cc1. The number of benzene rings is 2. The molecule has 1 saturated heterocycles. The number of anilines is 1. The molecule has 1 aliphatic heterocycles. The number of amides is 1. The van der Waals surface area contributed by atoms with Gasteiger partial charge in [0.15, 0.2) is 0 Å². The number of carbonyl (C=O) groups excluding carboxylic acids is 1. The first-order chi connectivity index (χ1) is 12.5. The Kier molecular flexibility index (Phi) is 5.60. The molecule has 2 aromatic carbocycles. The van der Waals surface area contributed by atoms with Crippen molar-refractivity contribution in [3.05, 3.63) is 71.4 Å². The molecule has 0 N–H and O–H groups in total. The second-order valence-corrected chi connectivity index (χ2v) is 7.32. The molecule has 134 valence electrons. The van der Waals surface area contributed by atoms with Crippen molar-refractivity contribution in [2.45, 2.75) is 6.42 Å². The zero-order valence-corrected chi connectivity index (χ0v) is 17.1. The average molecular weight is 412 g/mol. The molecule has 2 aromatic rings. The van der Waals surface area contributed by atoms with E-state index in [2.05, 4.69) is 44.7 Å². The van der Waals surface area contributed by atoms with E-state index in [-0.39, 0.29) is 5.91 Å². The zero-order chi connectivity index (χ0) is 18.7. The summed E-state index contributed by atoms with van der Waals surface area (Å²) >= 11 is 3.05. The predicted octanol–water partition coefficient (Wildman–Crippen LogP) is 2.37. The Labute approximate surface area is 163 Å². The predicted molar refractivity (Wildman–Crippen MR) is 109 cm³/mol. The summed E-state index contributed by atoms with van der Waals surface area (Å²) in [5.74, 6) is 0.0360. The quantitative estimate of drug-likeness (QED) is 0.557. The molecule has 3 rings (SSSR count). The Morgan fingerprint density at radius 2 is 1.69 bits per heavy atom. The molecule has 1 aliphatic rings. The molecular weight excluding hydrogens is 389 g/mol. The van der Waals surface area contributed by atoms with Gasteiger partial charge in [0.25, 0.3) is 0 Å². The number of carbonyl (C=O) groups is 1. The van der Waals surface area contributed by atoms with Gasteiger partial charge in [0.2, 0.25) is 0 Å². The first-order valence-electron chi connectivity index (χ1n) is 8.60. The van der Waals surface area contributed by atoms with Crippen molar-refractivity contribution >= 4 is 37.9 Å². The van der Waals surface area contributed by atoms with Gasteiger partial charge in [-0.3, -0.25) is 0 Å². The molecule has 26 heavy (non-hydrogen) atoms. The van der Waals surface area contributed by atoms with Crippen LogP contribution in [0.5, 0.6) is 0 Å². The summed E-state index contributed by atoms with van der Waals surface area (Å²) in [6, 6.07) is 18.4. The van der Waals surface area contributed by atoms with Crippen LogP contribution in [-0.2, 0) is 11.2 Å². The van der Waals surface area contributed by atoms with Crippen molar-refractivity contribution in [1.29, 1.82) is 0 Å². The Morgan fingerprint density at radius 3 is 2.31 bits per heavy atom. The van der Waals surface area contributed by atoms with Gasteiger partial charge < -0.3 is 0 Å². The van der Waals surface area contributed by atoms with E-state index in [1.54, 1.807) is 0 Å². The molecule has 0 atom stereocenters. The van der Waals surface area contributed by atoms with Crippen LogP contribution in [0.25, 0.3) is 6.08 Å². The molecule has 0 saturated carbocycles. The van der Waals surface area contributed by atoms with Gasteiger partial charge in [-0.1, -0.05) is 0 Å². The van der Waals surface area contributed by atoms with Crippen molar-refractivity contribution in [2.75, 3.05) is 32.6 Å². The van der Waals surface area contributed by atoms with Crippen LogP contribution in [0, 0.1) is 0 Å². The van der Waals surface area contributed by atoms with Gasteiger partial charge in [0, 0.05) is 0 Å². The molecule has 0 aromatic heterocycles. The standard InChI is InChI=1S/C21H23N3OSe/c1-22(2)18-11-9-17(10-12-18)15-19-20(25)24(21(26)23(19)3)14-13-16-7-5-4-6-8-16/h4-12,15H,13-14H2,1-3H3. The number of likely N-dealkylation sites (N-methyl/N-ethyl adjacent to an activating group) is 1. The number of hydrogen-bond donors (Lipinski definition) is 0. The third-order valence-electron chi connectivity index (χ3n) is 4.52. The second kappa shape index (κ2) is 7.90. The Hall–Kier alpha value is -2.36. The van der Waals surface area contributed by atoms with Gasteiger partial charge in [-0.05, 0) is 0 Å². The van der Waals surface area contributed by atoms with E-state index in [0.29, 0.717) is 12.2 Å². The molecule has 0 radical (unpaired) electrons. The third kappa shape index (κ3) is 3.90. The molecule has 4 nitrogen and oxygen atoms in total. The van der Waals surface area contributed by atoms with Crippen molar-refractivity contribution in [3.8, 4) is 0 Å². The molecule has 5 heteroatoms. The molecule has 1 amide bonds. The number of hydrogen-bond acceptors (Lipinski definition) is 3. The minimum atomic E-state index is 0.0360. The Morgan fingerprint density at radius 1 is 1.04 bits per heavy atom. The summed E-state index contributed by atoms with van der Waals surface area (Å²) in [4.78, 5) is 18.7. The molecule has 0 spiro atoms. The molecule has 0 unspecified atom stereocenters. The van der Waals surface area contributed by atoms with Crippen LogP contribution in [-0.4, -0.2) is 63.6 Å². The third-order valence-corrected chi connectivity index (χ3v) is 5.56. The van der Waals surface area contributed by atoms with E-state index in [1.807, 2.05) is 67.4 Å². The Balaban J connectivity index is 1.76. The van der Waals surface area contributed by atoms with Crippen LogP contribution in [0.4, 0.5) is 5.69 Å². The van der Waals surface area contributed by atoms with Crippen molar-refractivity contribution in [2.24, 2.45) is 0 Å². The summed E-state index contributed by atoms with van der Waals surface area (Å²) in [6.07, 6.45) is 2.78. The molecule has 1 heterocycles. The van der Waals surface area contributed by atoms with E-state index in [9.17, 15) is 4.79 Å². The van der Waals surface area contributed by atoms with E-state index in [0.717, 1.165) is 22.3 Å². The monoisotopic (exact) mass is 413 g/mol. The van der Waals surface area contributed by atoms with Crippen LogP contribution >= 0.6 is 0 Å². The normalized spacial score (nSPS) is 15.9. The van der Waals surface area contributed by atoms with E-state index >= 15 is 0 Å². The topological polar surface area (TPSA) is 26.8 Å². The summed E-state index contributed by atoms with van der Waals surface area (Å²) in [6.45, 7) is 0.659. The van der Waals surface area contributed by atoms with Gasteiger partial charge in [-0.15, -0.1) is 0 Å². The molecule has 0 bridgehead atoms. The minimum absolute atomic E-state index is 0.0360. The summed E-state index contributed by atoms with van der Waals surface area (Å²) in [7, 11) is 5.95. The van der Waals surface area contributed by atoms with Gasteiger partial charge in [0.05, 0.1) is 0 Å². The van der Waals surface area contributed by atoms with Gasteiger partial charge in [-0.2, -0.15) is 0 Å². The molecular formula is C21H23N3OSe. The second-order valence-electron chi connectivity index (χ2n) is 6.55. The van der Waals surface area contributed by atoms with Crippen LogP contribution in [0.15, 0.2) is 60.3 Å². The van der Waals surface area contributed by atoms with Crippen molar-refractivity contribution < 1.29 is 4.79 Å². The van der Waals surface area contributed by atoms with Crippen molar-refractivity contribution in [3.63, 3.8) is 0 Å². The maximum absolute atomic E-state index is 12.9. The van der Waals surface area contributed by atoms with Crippen LogP contribution < -0.4 is 4.90 Å². The van der Waals surface area contributed by atoms with Crippen LogP contribution in [0.3, 0.4) is 0 Å². The first kappa shape index (κ1) is 18.4. The fourth-order valence-electron chi connectivity index (χ4n) is 2.92. The summed E-state index contributed by atoms with van der Waals surface area (Å²) in [5, 5.41) is 0. The van der Waals surface area contributed by atoms with Gasteiger partial charge in [-0.25, -0.2) is 0 Å². The molecule has 0 aliphatic carbocycles. The zero-order valence-electron chi connectivity index (χ0n) is 15.3. The molecule has 1 fully saturated rings.